The molecule has 0 fully saturated rings. The quantitative estimate of drug-likeness (QED) is 0.640. The summed E-state index contributed by atoms with van der Waals surface area (Å²) in [5.74, 6) is 0.666. The van der Waals surface area contributed by atoms with E-state index in [-0.39, 0.29) is 5.69 Å². The van der Waals surface area contributed by atoms with Crippen LogP contribution >= 0.6 is 0 Å². The number of benzene rings is 1. The Bertz CT molecular complexity index is 773. The van der Waals surface area contributed by atoms with Gasteiger partial charge in [-0.15, -0.1) is 0 Å². The van der Waals surface area contributed by atoms with E-state index in [0.717, 1.165) is 11.1 Å². The van der Waals surface area contributed by atoms with Crippen molar-refractivity contribution in [3.63, 3.8) is 0 Å². The lowest BCUT2D eigenvalue weighted by molar-refractivity contribution is 0.990. The summed E-state index contributed by atoms with van der Waals surface area (Å²) < 4.78 is 1.35. The molecule has 0 amide bonds. The third-order valence-corrected chi connectivity index (χ3v) is 3.04. The minimum absolute atomic E-state index is 0.295. The van der Waals surface area contributed by atoms with Crippen LogP contribution < -0.4 is 16.7 Å². The van der Waals surface area contributed by atoms with Crippen molar-refractivity contribution in [2.24, 2.45) is 5.73 Å². The fraction of sp³-hybridized carbons (Fsp3) is 0.154. The topological polar surface area (TPSA) is 101 Å². The molecule has 3 rings (SSSR count). The Morgan fingerprint density at radius 2 is 2.00 bits per heavy atom. The van der Waals surface area contributed by atoms with E-state index in [1.54, 1.807) is 6.07 Å². The van der Waals surface area contributed by atoms with E-state index in [1.807, 2.05) is 24.3 Å². The number of hydrogen-bond donors (Lipinski definition) is 3. The van der Waals surface area contributed by atoms with Gasteiger partial charge in [-0.25, -0.2) is 19.3 Å². The van der Waals surface area contributed by atoms with Crippen LogP contribution in [-0.2, 0) is 13.1 Å². The van der Waals surface area contributed by atoms with Crippen molar-refractivity contribution in [3.8, 4) is 0 Å². The monoisotopic (exact) mass is 270 g/mol. The van der Waals surface area contributed by atoms with Crippen molar-refractivity contribution < 1.29 is 0 Å². The number of fused-ring (bicyclic) bond motifs is 1. The lowest BCUT2D eigenvalue weighted by Crippen LogP contribution is -2.10. The van der Waals surface area contributed by atoms with Crippen molar-refractivity contribution >= 4 is 11.5 Å². The highest BCUT2D eigenvalue weighted by molar-refractivity contribution is 5.48. The van der Waals surface area contributed by atoms with Crippen LogP contribution in [-0.4, -0.2) is 19.6 Å². The maximum atomic E-state index is 11.3. The molecule has 0 saturated heterocycles. The average Bonchev–Trinajstić information content (AvgIpc) is 2.87. The van der Waals surface area contributed by atoms with Crippen LogP contribution in [0, 0.1) is 0 Å². The van der Waals surface area contributed by atoms with Crippen LogP contribution in [0.4, 0.5) is 5.82 Å². The van der Waals surface area contributed by atoms with E-state index in [4.69, 9.17) is 5.73 Å². The predicted molar refractivity (Wildman–Crippen MR) is 75.3 cm³/mol. The zero-order chi connectivity index (χ0) is 13.9. The van der Waals surface area contributed by atoms with E-state index in [1.165, 1.54) is 10.7 Å². The highest BCUT2D eigenvalue weighted by Crippen LogP contribution is 2.08. The Morgan fingerprint density at radius 1 is 1.25 bits per heavy atom. The van der Waals surface area contributed by atoms with E-state index in [0.29, 0.717) is 24.6 Å². The first-order valence-electron chi connectivity index (χ1n) is 6.21. The van der Waals surface area contributed by atoms with Gasteiger partial charge in [0.1, 0.15) is 12.1 Å². The molecule has 0 aliphatic rings. The molecule has 7 heteroatoms. The molecule has 20 heavy (non-hydrogen) atoms. The number of rotatable bonds is 4. The standard InChI is InChI=1S/C13H14N6O/c14-6-9-1-3-10(4-2-9)7-15-11-5-12-17-18-13(20)19(12)8-16-11/h1-5,8,15H,6-7,14H2,(H,18,20). The highest BCUT2D eigenvalue weighted by atomic mass is 16.1. The van der Waals surface area contributed by atoms with Crippen molar-refractivity contribution in [1.82, 2.24) is 19.6 Å². The molecule has 0 radical (unpaired) electrons. The van der Waals surface area contributed by atoms with E-state index in [9.17, 15) is 4.79 Å². The van der Waals surface area contributed by atoms with Crippen molar-refractivity contribution in [2.45, 2.75) is 13.1 Å². The Hall–Kier alpha value is -2.67. The number of nitrogens with two attached hydrogens (primary N) is 1. The Balaban J connectivity index is 1.74. The second kappa shape index (κ2) is 5.14. The van der Waals surface area contributed by atoms with Gasteiger partial charge in [0.25, 0.3) is 0 Å². The SMILES string of the molecule is NCc1ccc(CNc2cc3n[nH]c(=O)n3cn2)cc1. The van der Waals surface area contributed by atoms with Crippen LogP contribution in [0.3, 0.4) is 0 Å². The summed E-state index contributed by atoms with van der Waals surface area (Å²) in [4.78, 5) is 15.5. The largest absolute Gasteiger partial charge is 0.366 e. The fourth-order valence-electron chi connectivity index (χ4n) is 1.89. The number of nitrogens with one attached hydrogen (secondary N) is 2. The minimum atomic E-state index is -0.295. The van der Waals surface area contributed by atoms with Crippen LogP contribution in [0.5, 0.6) is 0 Å². The fourth-order valence-corrected chi connectivity index (χ4v) is 1.89. The van der Waals surface area contributed by atoms with Crippen molar-refractivity contribution in [2.75, 3.05) is 5.32 Å². The van der Waals surface area contributed by atoms with Crippen LogP contribution in [0.15, 0.2) is 41.5 Å². The molecule has 0 aliphatic carbocycles. The summed E-state index contributed by atoms with van der Waals surface area (Å²) in [6, 6.07) is 9.76. The summed E-state index contributed by atoms with van der Waals surface area (Å²) in [6.45, 7) is 1.18. The Labute approximate surface area is 114 Å². The van der Waals surface area contributed by atoms with Crippen LogP contribution in [0.2, 0.25) is 0 Å². The summed E-state index contributed by atoms with van der Waals surface area (Å²) >= 11 is 0. The second-order valence-corrected chi connectivity index (χ2v) is 4.41. The van der Waals surface area contributed by atoms with Gasteiger partial charge in [0, 0.05) is 19.2 Å². The molecule has 0 unspecified atom stereocenters. The third-order valence-electron chi connectivity index (χ3n) is 3.04. The molecular weight excluding hydrogens is 256 g/mol. The van der Waals surface area contributed by atoms with Gasteiger partial charge in [-0.1, -0.05) is 24.3 Å². The number of anilines is 1. The molecule has 0 bridgehead atoms. The maximum Gasteiger partial charge on any atom is 0.348 e. The van der Waals surface area contributed by atoms with Crippen LogP contribution in [0.25, 0.3) is 5.65 Å². The first kappa shape index (κ1) is 12.4. The molecule has 3 aromatic rings. The van der Waals surface area contributed by atoms with Gasteiger partial charge in [-0.3, -0.25) is 0 Å². The predicted octanol–water partition coefficient (Wildman–Crippen LogP) is 0.488. The van der Waals surface area contributed by atoms with E-state index >= 15 is 0 Å². The summed E-state index contributed by atoms with van der Waals surface area (Å²) in [5.41, 5.74) is 8.02. The second-order valence-electron chi connectivity index (χ2n) is 4.41. The Kier molecular flexibility index (Phi) is 3.18. The zero-order valence-electron chi connectivity index (χ0n) is 10.7. The molecule has 2 aromatic heterocycles. The molecule has 0 atom stereocenters. The smallest absolute Gasteiger partial charge is 0.348 e. The minimum Gasteiger partial charge on any atom is -0.366 e. The van der Waals surface area contributed by atoms with E-state index in [2.05, 4.69) is 20.5 Å². The van der Waals surface area contributed by atoms with Crippen molar-refractivity contribution in [3.05, 3.63) is 58.3 Å². The summed E-state index contributed by atoms with van der Waals surface area (Å²) in [7, 11) is 0. The van der Waals surface area contributed by atoms with Gasteiger partial charge in [-0.2, -0.15) is 5.10 Å². The number of aromatic amines is 1. The first-order chi connectivity index (χ1) is 9.76. The summed E-state index contributed by atoms with van der Waals surface area (Å²) in [6.07, 6.45) is 1.45. The van der Waals surface area contributed by atoms with Gasteiger partial charge in [0.15, 0.2) is 5.65 Å². The van der Waals surface area contributed by atoms with E-state index < -0.39 is 0 Å². The zero-order valence-corrected chi connectivity index (χ0v) is 10.7. The molecule has 2 heterocycles. The van der Waals surface area contributed by atoms with Gasteiger partial charge >= 0.3 is 5.69 Å². The molecule has 7 nitrogen and oxygen atoms in total. The normalized spacial score (nSPS) is 10.8. The lowest BCUT2D eigenvalue weighted by atomic mass is 10.1. The molecular formula is C13H14N6O. The average molecular weight is 270 g/mol. The van der Waals surface area contributed by atoms with Crippen LogP contribution in [0.1, 0.15) is 11.1 Å². The number of nitrogens with zero attached hydrogens (tertiary/aromatic N) is 3. The number of H-pyrrole nitrogens is 1. The lowest BCUT2D eigenvalue weighted by Gasteiger charge is -2.06. The summed E-state index contributed by atoms with van der Waals surface area (Å²) in [5, 5.41) is 9.44. The molecule has 102 valence electrons. The van der Waals surface area contributed by atoms with Crippen molar-refractivity contribution in [1.29, 1.82) is 0 Å². The molecule has 0 spiro atoms. The number of aromatic nitrogens is 4. The highest BCUT2D eigenvalue weighted by Gasteiger charge is 2.02. The maximum absolute atomic E-state index is 11.3. The van der Waals surface area contributed by atoms with Gasteiger partial charge in [0.2, 0.25) is 0 Å². The molecule has 4 N–H and O–H groups in total. The van der Waals surface area contributed by atoms with Gasteiger partial charge in [0.05, 0.1) is 0 Å². The molecule has 0 aliphatic heterocycles. The Morgan fingerprint density at radius 3 is 2.75 bits per heavy atom. The first-order valence-corrected chi connectivity index (χ1v) is 6.21. The molecule has 0 saturated carbocycles. The molecule has 1 aromatic carbocycles. The van der Waals surface area contributed by atoms with Gasteiger partial charge in [-0.05, 0) is 11.1 Å². The van der Waals surface area contributed by atoms with Gasteiger partial charge < -0.3 is 11.1 Å². The number of hydrogen-bond acceptors (Lipinski definition) is 5. The third kappa shape index (κ3) is 2.39.